The molecule has 2 atom stereocenters. The van der Waals surface area contributed by atoms with Crippen LogP contribution in [0.1, 0.15) is 47.6 Å². The van der Waals surface area contributed by atoms with Crippen LogP contribution in [0.25, 0.3) is 0 Å². The minimum absolute atomic E-state index is 0.110. The fourth-order valence-electron chi connectivity index (χ4n) is 4.00. The van der Waals surface area contributed by atoms with Crippen molar-refractivity contribution in [1.82, 2.24) is 4.90 Å². The number of carboxylic acids is 1. The van der Waals surface area contributed by atoms with E-state index >= 15 is 0 Å². The van der Waals surface area contributed by atoms with Crippen molar-refractivity contribution < 1.29 is 36.2 Å². The second-order valence-corrected chi connectivity index (χ2v) is 7.72. The zero-order valence-electron chi connectivity index (χ0n) is 16.0. The zero-order chi connectivity index (χ0) is 23.0. The van der Waals surface area contributed by atoms with E-state index in [0.717, 1.165) is 12.1 Å². The van der Waals surface area contributed by atoms with E-state index in [9.17, 15) is 36.2 Å². The Morgan fingerprint density at radius 1 is 1.00 bits per heavy atom. The highest BCUT2D eigenvalue weighted by molar-refractivity contribution is 6.31. The maximum Gasteiger partial charge on any atom is 0.417 e. The molecule has 2 aromatic rings. The molecule has 0 amide bonds. The van der Waals surface area contributed by atoms with Gasteiger partial charge in [0, 0.05) is 0 Å². The van der Waals surface area contributed by atoms with Crippen LogP contribution < -0.4 is 0 Å². The SMILES string of the molecule is O=C(O)C1CCCCN1C(c1ccc(Cl)c(C(F)(F)F)c1)c1ccccc1C(F)(F)F. The third-order valence-electron chi connectivity index (χ3n) is 5.33. The van der Waals surface area contributed by atoms with Crippen LogP contribution in [0.5, 0.6) is 0 Å². The van der Waals surface area contributed by atoms with Crippen molar-refractivity contribution in [3.8, 4) is 0 Å². The van der Waals surface area contributed by atoms with Crippen LogP contribution in [0, 0.1) is 0 Å². The van der Waals surface area contributed by atoms with Gasteiger partial charge in [-0.2, -0.15) is 26.3 Å². The molecule has 1 fully saturated rings. The van der Waals surface area contributed by atoms with Gasteiger partial charge in [-0.3, -0.25) is 9.69 Å². The highest BCUT2D eigenvalue weighted by Crippen LogP contribution is 2.43. The third-order valence-corrected chi connectivity index (χ3v) is 5.66. The van der Waals surface area contributed by atoms with Crippen molar-refractivity contribution in [2.24, 2.45) is 0 Å². The molecule has 1 aliphatic heterocycles. The molecule has 0 aromatic heterocycles. The van der Waals surface area contributed by atoms with Gasteiger partial charge in [0.05, 0.1) is 22.2 Å². The average molecular weight is 466 g/mol. The van der Waals surface area contributed by atoms with Gasteiger partial charge in [-0.25, -0.2) is 0 Å². The molecule has 10 heteroatoms. The number of alkyl halides is 6. The lowest BCUT2D eigenvalue weighted by Gasteiger charge is -2.40. The fraction of sp³-hybridized carbons (Fsp3) is 0.381. The van der Waals surface area contributed by atoms with Gasteiger partial charge < -0.3 is 5.11 Å². The maximum absolute atomic E-state index is 13.7. The number of halogens is 7. The van der Waals surface area contributed by atoms with E-state index in [4.69, 9.17) is 11.6 Å². The van der Waals surface area contributed by atoms with Crippen LogP contribution in [0.15, 0.2) is 42.5 Å². The van der Waals surface area contributed by atoms with Crippen LogP contribution in [0.4, 0.5) is 26.3 Å². The minimum atomic E-state index is -4.82. The van der Waals surface area contributed by atoms with E-state index in [2.05, 4.69) is 0 Å². The van der Waals surface area contributed by atoms with Crippen LogP contribution >= 0.6 is 11.6 Å². The first-order valence-corrected chi connectivity index (χ1v) is 9.80. The number of carbonyl (C=O) groups is 1. The summed E-state index contributed by atoms with van der Waals surface area (Å²) in [6, 6.07) is 4.93. The van der Waals surface area contributed by atoms with Crippen LogP contribution in [-0.4, -0.2) is 28.6 Å². The molecular formula is C21H18ClF6NO2. The summed E-state index contributed by atoms with van der Waals surface area (Å²) in [7, 11) is 0. The molecule has 0 spiro atoms. The number of carboxylic acid groups (broad SMARTS) is 1. The molecule has 3 rings (SSSR count). The summed E-state index contributed by atoms with van der Waals surface area (Å²) in [6.07, 6.45) is -8.36. The Morgan fingerprint density at radius 2 is 1.65 bits per heavy atom. The van der Waals surface area contributed by atoms with Gasteiger partial charge in [-0.15, -0.1) is 0 Å². The van der Waals surface area contributed by atoms with E-state index < -0.39 is 46.6 Å². The summed E-state index contributed by atoms with van der Waals surface area (Å²) in [5, 5.41) is 9.05. The lowest BCUT2D eigenvalue weighted by molar-refractivity contribution is -0.146. The zero-order valence-corrected chi connectivity index (χ0v) is 16.7. The molecular weight excluding hydrogens is 448 g/mol. The second kappa shape index (κ2) is 8.70. The molecule has 0 saturated carbocycles. The minimum Gasteiger partial charge on any atom is -0.480 e. The molecule has 168 valence electrons. The fourth-order valence-corrected chi connectivity index (χ4v) is 4.23. The summed E-state index contributed by atoms with van der Waals surface area (Å²) in [5.41, 5.74) is -2.64. The van der Waals surface area contributed by atoms with Gasteiger partial charge in [-0.05, 0) is 48.7 Å². The summed E-state index contributed by atoms with van der Waals surface area (Å²) in [5.74, 6) is -1.24. The molecule has 0 aliphatic carbocycles. The molecule has 0 radical (unpaired) electrons. The third kappa shape index (κ3) is 4.98. The van der Waals surface area contributed by atoms with E-state index in [1.165, 1.54) is 29.2 Å². The van der Waals surface area contributed by atoms with Crippen molar-refractivity contribution >= 4 is 17.6 Å². The summed E-state index contributed by atoms with van der Waals surface area (Å²) in [4.78, 5) is 13.2. The number of benzene rings is 2. The standard InChI is InChI=1S/C21H18ClF6NO2/c22-16-9-8-12(11-15(16)21(26,27)28)18(29-10-4-3-7-17(29)19(30)31)13-5-1-2-6-14(13)20(23,24)25/h1-2,5-6,8-9,11,17-18H,3-4,7,10H2,(H,30,31). The Morgan fingerprint density at radius 3 is 2.26 bits per heavy atom. The average Bonchev–Trinajstić information content (AvgIpc) is 2.68. The maximum atomic E-state index is 13.7. The van der Waals surface area contributed by atoms with E-state index in [1.54, 1.807) is 0 Å². The van der Waals surface area contributed by atoms with Gasteiger partial charge in [0.1, 0.15) is 6.04 Å². The molecule has 1 heterocycles. The number of piperidine rings is 1. The number of hydrogen-bond donors (Lipinski definition) is 1. The monoisotopic (exact) mass is 465 g/mol. The molecule has 31 heavy (non-hydrogen) atoms. The quantitative estimate of drug-likeness (QED) is 0.531. The summed E-state index contributed by atoms with van der Waals surface area (Å²) >= 11 is 5.69. The van der Waals surface area contributed by atoms with Gasteiger partial charge >= 0.3 is 18.3 Å². The molecule has 1 saturated heterocycles. The van der Waals surface area contributed by atoms with Crippen LogP contribution in [0.3, 0.4) is 0 Å². The second-order valence-electron chi connectivity index (χ2n) is 7.31. The van der Waals surface area contributed by atoms with E-state index in [-0.39, 0.29) is 24.1 Å². The van der Waals surface area contributed by atoms with Crippen LogP contribution in [0.2, 0.25) is 5.02 Å². The number of hydrogen-bond acceptors (Lipinski definition) is 2. The summed E-state index contributed by atoms with van der Waals surface area (Å²) < 4.78 is 81.5. The first-order valence-electron chi connectivity index (χ1n) is 9.42. The topological polar surface area (TPSA) is 40.5 Å². The van der Waals surface area contributed by atoms with Gasteiger partial charge in [-0.1, -0.05) is 42.3 Å². The molecule has 3 nitrogen and oxygen atoms in total. The van der Waals surface area contributed by atoms with Gasteiger partial charge in [0.25, 0.3) is 0 Å². The lowest BCUT2D eigenvalue weighted by Crippen LogP contribution is -2.47. The Labute approximate surface area is 179 Å². The predicted molar refractivity (Wildman–Crippen MR) is 102 cm³/mol. The number of likely N-dealkylation sites (tertiary alicyclic amines) is 1. The number of nitrogens with zero attached hydrogens (tertiary/aromatic N) is 1. The highest BCUT2D eigenvalue weighted by Gasteiger charge is 2.42. The highest BCUT2D eigenvalue weighted by atomic mass is 35.5. The normalized spacial score (nSPS) is 19.3. The number of rotatable bonds is 4. The van der Waals surface area contributed by atoms with E-state index in [0.29, 0.717) is 18.9 Å². The molecule has 1 aliphatic rings. The van der Waals surface area contributed by atoms with Crippen LogP contribution in [-0.2, 0) is 17.1 Å². The Kier molecular flexibility index (Phi) is 6.57. The largest absolute Gasteiger partial charge is 0.480 e. The Balaban J connectivity index is 2.26. The molecule has 0 bridgehead atoms. The van der Waals surface area contributed by atoms with Crippen molar-refractivity contribution in [3.05, 3.63) is 69.7 Å². The smallest absolute Gasteiger partial charge is 0.417 e. The Hall–Kier alpha value is -2.26. The Bertz CT molecular complexity index is 960. The first-order chi connectivity index (χ1) is 14.4. The lowest BCUT2D eigenvalue weighted by atomic mass is 9.88. The van der Waals surface area contributed by atoms with Crippen molar-refractivity contribution in [2.75, 3.05) is 6.54 Å². The first kappa shape index (κ1) is 23.4. The molecule has 2 unspecified atom stereocenters. The van der Waals surface area contributed by atoms with Gasteiger partial charge in [0.15, 0.2) is 0 Å². The number of aliphatic carboxylic acids is 1. The molecule has 1 N–H and O–H groups in total. The predicted octanol–water partition coefficient (Wildman–Crippen LogP) is 6.41. The molecule has 2 aromatic carbocycles. The van der Waals surface area contributed by atoms with Crippen molar-refractivity contribution in [2.45, 2.75) is 43.7 Å². The summed E-state index contributed by atoms with van der Waals surface area (Å²) in [6.45, 7) is 0.123. The van der Waals surface area contributed by atoms with Gasteiger partial charge in [0.2, 0.25) is 0 Å². The van der Waals surface area contributed by atoms with Crippen molar-refractivity contribution in [1.29, 1.82) is 0 Å². The van der Waals surface area contributed by atoms with Crippen molar-refractivity contribution in [3.63, 3.8) is 0 Å². The van der Waals surface area contributed by atoms with E-state index in [1.807, 2.05) is 0 Å².